The van der Waals surface area contributed by atoms with Gasteiger partial charge in [-0.3, -0.25) is 4.79 Å². The van der Waals surface area contributed by atoms with Crippen LogP contribution in [0.1, 0.15) is 17.3 Å². The van der Waals surface area contributed by atoms with Crippen LogP contribution in [0, 0.1) is 5.82 Å². The van der Waals surface area contributed by atoms with Crippen LogP contribution < -0.4 is 11.1 Å². The molecule has 1 aromatic rings. The number of carbonyl (C=O) groups is 2. The van der Waals surface area contributed by atoms with Crippen LogP contribution >= 0.6 is 0 Å². The summed E-state index contributed by atoms with van der Waals surface area (Å²) in [4.78, 5) is 22.7. The largest absolute Gasteiger partial charge is 0.467 e. The van der Waals surface area contributed by atoms with Crippen LogP contribution in [-0.2, 0) is 9.53 Å². The van der Waals surface area contributed by atoms with Gasteiger partial charge >= 0.3 is 5.97 Å². The Morgan fingerprint density at radius 3 is 2.71 bits per heavy atom. The Hall–Kier alpha value is -2.11. The summed E-state index contributed by atoms with van der Waals surface area (Å²) in [5.74, 6) is -2.02. The van der Waals surface area contributed by atoms with E-state index in [0.29, 0.717) is 0 Å². The molecule has 1 unspecified atom stereocenters. The molecular formula is C11H13FN2O3. The molecule has 0 bridgehead atoms. The number of ether oxygens (including phenoxy) is 1. The number of methoxy groups -OCH3 is 1. The fourth-order valence-corrected chi connectivity index (χ4v) is 1.23. The standard InChI is InChI=1S/C11H13FN2O3/c1-6(11(16)17-2)14-10(15)8-5-7(13)3-4-9(8)12/h3-6H,13H2,1-2H3,(H,14,15). The summed E-state index contributed by atoms with van der Waals surface area (Å²) in [5, 5.41) is 2.31. The number of halogens is 1. The predicted octanol–water partition coefficient (Wildman–Crippen LogP) is 0.699. The molecule has 1 aromatic carbocycles. The van der Waals surface area contributed by atoms with Crippen molar-refractivity contribution in [2.75, 3.05) is 12.8 Å². The maximum Gasteiger partial charge on any atom is 0.328 e. The molecule has 1 rings (SSSR count). The summed E-state index contributed by atoms with van der Waals surface area (Å²) >= 11 is 0. The molecule has 0 aliphatic heterocycles. The molecule has 0 saturated carbocycles. The van der Waals surface area contributed by atoms with Crippen molar-refractivity contribution in [3.8, 4) is 0 Å². The molecule has 0 aliphatic rings. The van der Waals surface area contributed by atoms with Gasteiger partial charge in [0.05, 0.1) is 12.7 Å². The Morgan fingerprint density at radius 2 is 2.12 bits per heavy atom. The minimum Gasteiger partial charge on any atom is -0.467 e. The lowest BCUT2D eigenvalue weighted by atomic mass is 10.1. The lowest BCUT2D eigenvalue weighted by Gasteiger charge is -2.12. The molecule has 92 valence electrons. The van der Waals surface area contributed by atoms with E-state index < -0.39 is 23.7 Å². The second-order valence-corrected chi connectivity index (χ2v) is 3.46. The number of rotatable bonds is 3. The van der Waals surface area contributed by atoms with E-state index in [0.717, 1.165) is 6.07 Å². The molecule has 6 heteroatoms. The first-order valence-corrected chi connectivity index (χ1v) is 4.89. The molecule has 0 radical (unpaired) electrons. The number of nitrogen functional groups attached to an aromatic ring is 1. The van der Waals surface area contributed by atoms with Gasteiger partial charge in [-0.2, -0.15) is 0 Å². The van der Waals surface area contributed by atoms with Crippen molar-refractivity contribution < 1.29 is 18.7 Å². The van der Waals surface area contributed by atoms with Crippen molar-refractivity contribution in [3.05, 3.63) is 29.6 Å². The zero-order valence-electron chi connectivity index (χ0n) is 9.49. The number of hydrogen-bond donors (Lipinski definition) is 2. The molecule has 0 spiro atoms. The minimum atomic E-state index is -0.853. The minimum absolute atomic E-state index is 0.208. The lowest BCUT2D eigenvalue weighted by Crippen LogP contribution is -2.39. The van der Waals surface area contributed by atoms with E-state index in [1.165, 1.54) is 26.2 Å². The summed E-state index contributed by atoms with van der Waals surface area (Å²) in [6, 6.07) is 2.78. The SMILES string of the molecule is COC(=O)C(C)NC(=O)c1cc(N)ccc1F. The van der Waals surface area contributed by atoms with Gasteiger partial charge in [0.1, 0.15) is 11.9 Å². The van der Waals surface area contributed by atoms with Gasteiger partial charge in [-0.05, 0) is 25.1 Å². The van der Waals surface area contributed by atoms with E-state index >= 15 is 0 Å². The maximum absolute atomic E-state index is 13.3. The van der Waals surface area contributed by atoms with Crippen LogP contribution in [0.4, 0.5) is 10.1 Å². The van der Waals surface area contributed by atoms with Gasteiger partial charge in [0.25, 0.3) is 5.91 Å². The van der Waals surface area contributed by atoms with Crippen LogP contribution in [0.25, 0.3) is 0 Å². The Morgan fingerprint density at radius 1 is 1.47 bits per heavy atom. The fourth-order valence-electron chi connectivity index (χ4n) is 1.23. The molecule has 3 N–H and O–H groups in total. The second-order valence-electron chi connectivity index (χ2n) is 3.46. The highest BCUT2D eigenvalue weighted by Crippen LogP contribution is 2.12. The van der Waals surface area contributed by atoms with Crippen molar-refractivity contribution in [3.63, 3.8) is 0 Å². The molecule has 5 nitrogen and oxygen atoms in total. The van der Waals surface area contributed by atoms with Gasteiger partial charge < -0.3 is 15.8 Å². The molecule has 0 saturated heterocycles. The Balaban J connectivity index is 2.83. The van der Waals surface area contributed by atoms with Crippen LogP contribution in [0.2, 0.25) is 0 Å². The second kappa shape index (κ2) is 5.29. The summed E-state index contributed by atoms with van der Waals surface area (Å²) in [6.45, 7) is 1.44. The van der Waals surface area contributed by atoms with E-state index in [1.807, 2.05) is 0 Å². The first kappa shape index (κ1) is 13.0. The van der Waals surface area contributed by atoms with E-state index in [-0.39, 0.29) is 11.3 Å². The number of nitrogens with two attached hydrogens (primary N) is 1. The topological polar surface area (TPSA) is 81.4 Å². The molecule has 17 heavy (non-hydrogen) atoms. The van der Waals surface area contributed by atoms with Gasteiger partial charge in [-0.1, -0.05) is 0 Å². The Kier molecular flexibility index (Phi) is 4.03. The highest BCUT2D eigenvalue weighted by atomic mass is 19.1. The van der Waals surface area contributed by atoms with Gasteiger partial charge in [0, 0.05) is 5.69 Å². The molecule has 1 amide bonds. The molecule has 0 fully saturated rings. The number of amides is 1. The third-order valence-corrected chi connectivity index (χ3v) is 2.14. The third-order valence-electron chi connectivity index (χ3n) is 2.14. The van der Waals surface area contributed by atoms with Crippen molar-refractivity contribution >= 4 is 17.6 Å². The number of carbonyl (C=O) groups excluding carboxylic acids is 2. The highest BCUT2D eigenvalue weighted by molar-refractivity contribution is 5.97. The molecule has 0 heterocycles. The Labute approximate surface area is 97.7 Å². The molecule has 0 aromatic heterocycles. The van der Waals surface area contributed by atoms with Gasteiger partial charge in [0.15, 0.2) is 0 Å². The van der Waals surface area contributed by atoms with Crippen molar-refractivity contribution in [1.29, 1.82) is 0 Å². The highest BCUT2D eigenvalue weighted by Gasteiger charge is 2.19. The lowest BCUT2D eigenvalue weighted by molar-refractivity contribution is -0.142. The normalized spacial score (nSPS) is 11.7. The number of hydrogen-bond acceptors (Lipinski definition) is 4. The summed E-state index contributed by atoms with van der Waals surface area (Å²) in [6.07, 6.45) is 0. The van der Waals surface area contributed by atoms with E-state index in [2.05, 4.69) is 10.1 Å². The van der Waals surface area contributed by atoms with Gasteiger partial charge in [-0.25, -0.2) is 9.18 Å². The van der Waals surface area contributed by atoms with E-state index in [9.17, 15) is 14.0 Å². The van der Waals surface area contributed by atoms with Gasteiger partial charge in [0.2, 0.25) is 0 Å². The number of benzene rings is 1. The van der Waals surface area contributed by atoms with Crippen LogP contribution in [0.15, 0.2) is 18.2 Å². The number of nitrogens with one attached hydrogen (secondary N) is 1. The van der Waals surface area contributed by atoms with Crippen molar-refractivity contribution in [1.82, 2.24) is 5.32 Å². The first-order valence-electron chi connectivity index (χ1n) is 4.89. The van der Waals surface area contributed by atoms with Crippen LogP contribution in [0.3, 0.4) is 0 Å². The van der Waals surface area contributed by atoms with E-state index in [4.69, 9.17) is 5.73 Å². The fraction of sp³-hybridized carbons (Fsp3) is 0.273. The summed E-state index contributed by atoms with van der Waals surface area (Å²) < 4.78 is 17.8. The Bertz CT molecular complexity index is 448. The smallest absolute Gasteiger partial charge is 0.328 e. The zero-order chi connectivity index (χ0) is 13.0. The zero-order valence-corrected chi connectivity index (χ0v) is 9.49. The first-order chi connectivity index (χ1) is 7.95. The number of esters is 1. The van der Waals surface area contributed by atoms with Crippen molar-refractivity contribution in [2.45, 2.75) is 13.0 Å². The van der Waals surface area contributed by atoms with Crippen molar-refractivity contribution in [2.24, 2.45) is 0 Å². The third kappa shape index (κ3) is 3.17. The average molecular weight is 240 g/mol. The maximum atomic E-state index is 13.3. The monoisotopic (exact) mass is 240 g/mol. The molecule has 0 aliphatic carbocycles. The van der Waals surface area contributed by atoms with Gasteiger partial charge in [-0.15, -0.1) is 0 Å². The summed E-state index contributed by atoms with van der Waals surface area (Å²) in [5.41, 5.74) is 5.50. The summed E-state index contributed by atoms with van der Waals surface area (Å²) in [7, 11) is 1.20. The predicted molar refractivity (Wildman–Crippen MR) is 59.8 cm³/mol. The average Bonchev–Trinajstić information content (AvgIpc) is 2.30. The van der Waals surface area contributed by atoms with Crippen LogP contribution in [-0.4, -0.2) is 25.0 Å². The molecule has 1 atom stereocenters. The molecular weight excluding hydrogens is 227 g/mol. The van der Waals surface area contributed by atoms with Crippen LogP contribution in [0.5, 0.6) is 0 Å². The number of anilines is 1. The quantitative estimate of drug-likeness (QED) is 0.602. The van der Waals surface area contributed by atoms with E-state index in [1.54, 1.807) is 0 Å².